The van der Waals surface area contributed by atoms with E-state index in [0.717, 1.165) is 11.1 Å². The zero-order valence-corrected chi connectivity index (χ0v) is 12.7. The summed E-state index contributed by atoms with van der Waals surface area (Å²) in [5, 5.41) is 0. The largest absolute Gasteiger partial charge is 1.00 e. The van der Waals surface area contributed by atoms with Gasteiger partial charge in [-0.15, -0.1) is 0 Å². The number of pyridine rings is 1. The van der Waals surface area contributed by atoms with Crippen molar-refractivity contribution in [1.82, 2.24) is 0 Å². The summed E-state index contributed by atoms with van der Waals surface area (Å²) < 4.78 is 1.99. The number of benzene rings is 1. The quantitative estimate of drug-likeness (QED) is 0.404. The second-order valence-electron chi connectivity index (χ2n) is 4.35. The molecule has 2 aromatic rings. The van der Waals surface area contributed by atoms with Crippen molar-refractivity contribution >= 4 is 5.78 Å². The van der Waals surface area contributed by atoms with E-state index in [1.807, 2.05) is 61.3 Å². The Balaban J connectivity index is 0.00000162. The molecule has 2 rings (SSSR count). The molecule has 0 aliphatic rings. The third-order valence-electron chi connectivity index (χ3n) is 2.65. The van der Waals surface area contributed by atoms with Crippen LogP contribution in [-0.4, -0.2) is 5.78 Å². The Bertz CT molecular complexity index is 517. The predicted octanol–water partition coefficient (Wildman–Crippen LogP) is -0.751. The van der Waals surface area contributed by atoms with Crippen LogP contribution in [0.4, 0.5) is 0 Å². The predicted molar refractivity (Wildman–Crippen MR) is 66.8 cm³/mol. The van der Waals surface area contributed by atoms with E-state index in [-0.39, 0.29) is 29.8 Å². The number of aryl methyl sites for hydroxylation is 2. The van der Waals surface area contributed by atoms with E-state index in [9.17, 15) is 4.79 Å². The number of aromatic nitrogens is 1. The van der Waals surface area contributed by atoms with E-state index in [1.54, 1.807) is 0 Å². The van der Waals surface area contributed by atoms with Gasteiger partial charge in [-0.2, -0.15) is 0 Å². The first kappa shape index (κ1) is 14.8. The fraction of sp³-hybridized carbons (Fsp3) is 0.200. The highest BCUT2D eigenvalue weighted by Gasteiger charge is 2.09. The van der Waals surface area contributed by atoms with Gasteiger partial charge in [0.25, 0.3) is 0 Å². The Labute approximate surface area is 125 Å². The van der Waals surface area contributed by atoms with Gasteiger partial charge in [0.15, 0.2) is 18.2 Å². The van der Waals surface area contributed by atoms with E-state index in [0.29, 0.717) is 6.42 Å². The number of carbonyl (C=O) groups is 1. The zero-order valence-electron chi connectivity index (χ0n) is 10.6. The van der Waals surface area contributed by atoms with Crippen LogP contribution in [0.2, 0.25) is 0 Å². The standard InChI is InChI=1S/C15H16NO.HI/c1-12-8-13(11-16(2)10-12)9-15(17)14-6-4-3-5-7-14;/h3-8,10-11H,9H2,1-2H3;1H/q+1;/p-1. The van der Waals surface area contributed by atoms with Crippen LogP contribution in [-0.2, 0) is 13.5 Å². The van der Waals surface area contributed by atoms with Crippen molar-refractivity contribution in [1.29, 1.82) is 0 Å². The fourth-order valence-electron chi connectivity index (χ4n) is 2.00. The number of carbonyl (C=O) groups excluding carboxylic acids is 1. The molecular formula is C15H16INO. The Hall–Kier alpha value is -1.23. The Morgan fingerprint density at radius 2 is 1.83 bits per heavy atom. The lowest BCUT2D eigenvalue weighted by atomic mass is 10.0. The van der Waals surface area contributed by atoms with Crippen LogP contribution >= 0.6 is 0 Å². The summed E-state index contributed by atoms with van der Waals surface area (Å²) in [6.45, 7) is 2.04. The molecule has 0 aliphatic carbocycles. The molecule has 0 amide bonds. The minimum Gasteiger partial charge on any atom is -1.00 e. The molecule has 3 heteroatoms. The Kier molecular flexibility index (Phi) is 5.47. The van der Waals surface area contributed by atoms with Crippen molar-refractivity contribution in [2.45, 2.75) is 13.3 Å². The molecule has 0 saturated carbocycles. The van der Waals surface area contributed by atoms with Gasteiger partial charge in [-0.1, -0.05) is 30.3 Å². The molecule has 0 saturated heterocycles. The summed E-state index contributed by atoms with van der Waals surface area (Å²) in [7, 11) is 1.98. The third-order valence-corrected chi connectivity index (χ3v) is 2.65. The monoisotopic (exact) mass is 353 g/mol. The van der Waals surface area contributed by atoms with E-state index in [2.05, 4.69) is 6.07 Å². The van der Waals surface area contributed by atoms with Crippen molar-refractivity contribution < 1.29 is 33.3 Å². The van der Waals surface area contributed by atoms with Gasteiger partial charge in [-0.3, -0.25) is 4.79 Å². The van der Waals surface area contributed by atoms with Crippen LogP contribution < -0.4 is 28.5 Å². The highest BCUT2D eigenvalue weighted by Crippen LogP contribution is 2.07. The minimum atomic E-state index is 0. The van der Waals surface area contributed by atoms with Gasteiger partial charge in [0.2, 0.25) is 0 Å². The SMILES string of the molecule is Cc1cc(CC(=O)c2ccccc2)c[n+](C)c1.[I-]. The molecule has 2 nitrogen and oxygen atoms in total. The van der Waals surface area contributed by atoms with Gasteiger partial charge in [-0.25, -0.2) is 4.57 Å². The lowest BCUT2D eigenvalue weighted by Crippen LogP contribution is -3.00. The molecule has 0 spiro atoms. The summed E-state index contributed by atoms with van der Waals surface area (Å²) in [4.78, 5) is 12.0. The molecular weight excluding hydrogens is 337 g/mol. The highest BCUT2D eigenvalue weighted by molar-refractivity contribution is 5.97. The Morgan fingerprint density at radius 1 is 1.17 bits per heavy atom. The summed E-state index contributed by atoms with van der Waals surface area (Å²) in [5.74, 6) is 0.163. The number of rotatable bonds is 3. The Morgan fingerprint density at radius 3 is 2.44 bits per heavy atom. The van der Waals surface area contributed by atoms with Crippen LogP contribution in [0.25, 0.3) is 0 Å². The molecule has 0 bridgehead atoms. The fourth-order valence-corrected chi connectivity index (χ4v) is 2.00. The van der Waals surface area contributed by atoms with Crippen molar-refractivity contribution in [3.05, 3.63) is 65.5 Å². The number of ketones is 1. The molecule has 18 heavy (non-hydrogen) atoms. The molecule has 1 aromatic heterocycles. The van der Waals surface area contributed by atoms with Crippen molar-refractivity contribution in [2.24, 2.45) is 7.05 Å². The van der Waals surface area contributed by atoms with Gasteiger partial charge in [0, 0.05) is 23.1 Å². The summed E-state index contributed by atoms with van der Waals surface area (Å²) >= 11 is 0. The smallest absolute Gasteiger partial charge is 0.172 e. The van der Waals surface area contributed by atoms with Gasteiger partial charge in [-0.05, 0) is 13.0 Å². The summed E-state index contributed by atoms with van der Waals surface area (Å²) in [6, 6.07) is 11.5. The van der Waals surface area contributed by atoms with E-state index in [1.165, 1.54) is 5.56 Å². The molecule has 1 aromatic carbocycles. The van der Waals surface area contributed by atoms with Gasteiger partial charge in [0.05, 0.1) is 0 Å². The number of hydrogen-bond acceptors (Lipinski definition) is 1. The molecule has 1 heterocycles. The van der Waals surface area contributed by atoms with E-state index in [4.69, 9.17) is 0 Å². The maximum absolute atomic E-state index is 12.0. The average Bonchev–Trinajstić information content (AvgIpc) is 2.28. The van der Waals surface area contributed by atoms with Crippen LogP contribution in [0.3, 0.4) is 0 Å². The first-order chi connectivity index (χ1) is 8.15. The third kappa shape index (κ3) is 3.91. The van der Waals surface area contributed by atoms with E-state index < -0.39 is 0 Å². The number of Topliss-reactive ketones (excluding diaryl/α,β-unsaturated/α-hetero) is 1. The topological polar surface area (TPSA) is 20.9 Å². The van der Waals surface area contributed by atoms with Crippen molar-refractivity contribution in [3.8, 4) is 0 Å². The van der Waals surface area contributed by atoms with Gasteiger partial charge < -0.3 is 24.0 Å². The first-order valence-electron chi connectivity index (χ1n) is 5.69. The maximum atomic E-state index is 12.0. The average molecular weight is 353 g/mol. The van der Waals surface area contributed by atoms with Crippen molar-refractivity contribution in [2.75, 3.05) is 0 Å². The second kappa shape index (κ2) is 6.64. The second-order valence-corrected chi connectivity index (χ2v) is 4.35. The highest BCUT2D eigenvalue weighted by atomic mass is 127. The molecule has 0 fully saturated rings. The summed E-state index contributed by atoms with van der Waals surface area (Å²) in [5.41, 5.74) is 3.00. The number of hydrogen-bond donors (Lipinski definition) is 0. The van der Waals surface area contributed by atoms with Crippen LogP contribution in [0, 0.1) is 6.92 Å². The zero-order chi connectivity index (χ0) is 12.3. The van der Waals surface area contributed by atoms with Crippen LogP contribution in [0.15, 0.2) is 48.8 Å². The summed E-state index contributed by atoms with van der Waals surface area (Å²) in [6.07, 6.45) is 4.49. The molecule has 0 N–H and O–H groups in total. The number of nitrogens with zero attached hydrogens (tertiary/aromatic N) is 1. The van der Waals surface area contributed by atoms with Gasteiger partial charge >= 0.3 is 0 Å². The molecule has 0 unspecified atom stereocenters. The lowest BCUT2D eigenvalue weighted by Gasteiger charge is -2.01. The molecule has 94 valence electrons. The van der Waals surface area contributed by atoms with Gasteiger partial charge in [0.1, 0.15) is 7.05 Å². The normalized spacial score (nSPS) is 9.67. The molecule has 0 aliphatic heterocycles. The minimum absolute atomic E-state index is 0. The van der Waals surface area contributed by atoms with E-state index >= 15 is 0 Å². The maximum Gasteiger partial charge on any atom is 0.172 e. The first-order valence-corrected chi connectivity index (χ1v) is 5.69. The lowest BCUT2D eigenvalue weighted by molar-refractivity contribution is -0.672. The molecule has 0 atom stereocenters. The van der Waals surface area contributed by atoms with Crippen LogP contribution in [0.1, 0.15) is 21.5 Å². The van der Waals surface area contributed by atoms with Crippen LogP contribution in [0.5, 0.6) is 0 Å². The number of halogens is 1. The van der Waals surface area contributed by atoms with Crippen molar-refractivity contribution in [3.63, 3.8) is 0 Å². The molecule has 0 radical (unpaired) electrons.